The number of hydrogen-bond donors (Lipinski definition) is 1. The van der Waals surface area contributed by atoms with Gasteiger partial charge in [-0.05, 0) is 36.2 Å². The molecule has 1 saturated heterocycles. The Kier molecular flexibility index (Phi) is 9.95. The average molecular weight is 517 g/mol. The smallest absolute Gasteiger partial charge is 0.139 e. The normalized spacial score (nSPS) is 16.0. The summed E-state index contributed by atoms with van der Waals surface area (Å²) in [6.45, 7) is 3.22. The number of halogens is 4. The minimum Gasteiger partial charge on any atom is -0.353 e. The second-order valence-electron chi connectivity index (χ2n) is 7.46. The van der Waals surface area contributed by atoms with E-state index in [4.69, 9.17) is 28.9 Å². The number of aldehydes is 1. The molecule has 0 saturated carbocycles. The van der Waals surface area contributed by atoms with Crippen LogP contribution in [-0.2, 0) is 4.79 Å². The van der Waals surface area contributed by atoms with Crippen molar-refractivity contribution in [3.05, 3.63) is 64.4 Å². The maximum absolute atomic E-state index is 11.7. The first kappa shape index (κ1) is 26.6. The van der Waals surface area contributed by atoms with Gasteiger partial charge in [0.05, 0.1) is 21.7 Å². The Labute approximate surface area is 209 Å². The average Bonchev–Trinajstić information content (AvgIpc) is 2.79. The summed E-state index contributed by atoms with van der Waals surface area (Å²) in [5.74, 6) is 0.633. The second kappa shape index (κ2) is 12.0. The molecular formula is C22H25Cl4N5O. The molecule has 2 N–H and O–H groups in total. The van der Waals surface area contributed by atoms with Crippen LogP contribution in [0.1, 0.15) is 17.9 Å². The van der Waals surface area contributed by atoms with E-state index >= 15 is 0 Å². The SMILES string of the molecule is Cl.Cl.NC(CC(C=O)c1ccc(Cl)c(Cl)c1)N1CCN(c2ncnc3ccccc23)CC1. The number of fused-ring (bicyclic) bond motifs is 1. The van der Waals surface area contributed by atoms with Gasteiger partial charge in [-0.1, -0.05) is 41.4 Å². The van der Waals surface area contributed by atoms with Gasteiger partial charge in [0.15, 0.2) is 0 Å². The minimum atomic E-state index is -0.321. The fourth-order valence-electron chi connectivity index (χ4n) is 3.93. The molecule has 4 rings (SSSR count). The summed E-state index contributed by atoms with van der Waals surface area (Å²) in [5, 5.41) is 1.97. The summed E-state index contributed by atoms with van der Waals surface area (Å²) in [4.78, 5) is 25.0. The Balaban J connectivity index is 0.00000181. The van der Waals surface area contributed by atoms with Gasteiger partial charge in [0.25, 0.3) is 0 Å². The van der Waals surface area contributed by atoms with Gasteiger partial charge >= 0.3 is 0 Å². The van der Waals surface area contributed by atoms with E-state index in [0.717, 1.165) is 54.7 Å². The summed E-state index contributed by atoms with van der Waals surface area (Å²) >= 11 is 12.1. The maximum atomic E-state index is 11.7. The first-order chi connectivity index (χ1) is 14.6. The third-order valence-corrected chi connectivity index (χ3v) is 6.38. The van der Waals surface area contributed by atoms with E-state index in [9.17, 15) is 4.79 Å². The highest BCUT2D eigenvalue weighted by atomic mass is 35.5. The molecule has 2 atom stereocenters. The van der Waals surface area contributed by atoms with Crippen LogP contribution >= 0.6 is 48.0 Å². The van der Waals surface area contributed by atoms with Crippen LogP contribution in [0.4, 0.5) is 5.82 Å². The zero-order valence-corrected chi connectivity index (χ0v) is 20.4. The van der Waals surface area contributed by atoms with Crippen molar-refractivity contribution in [2.24, 2.45) is 5.73 Å². The topological polar surface area (TPSA) is 75.4 Å². The largest absolute Gasteiger partial charge is 0.353 e. The summed E-state index contributed by atoms with van der Waals surface area (Å²) < 4.78 is 0. The summed E-state index contributed by atoms with van der Waals surface area (Å²) in [7, 11) is 0. The van der Waals surface area contributed by atoms with Crippen LogP contribution in [0.5, 0.6) is 0 Å². The first-order valence-corrected chi connectivity index (χ1v) is 10.7. The highest BCUT2D eigenvalue weighted by Gasteiger charge is 2.26. The number of carbonyl (C=O) groups is 1. The Hall–Kier alpha value is -1.67. The molecule has 1 aliphatic heterocycles. The summed E-state index contributed by atoms with van der Waals surface area (Å²) in [6, 6.07) is 13.3. The van der Waals surface area contributed by atoms with Gasteiger partial charge in [0, 0.05) is 37.5 Å². The van der Waals surface area contributed by atoms with Crippen LogP contribution in [0.15, 0.2) is 48.8 Å². The minimum absolute atomic E-state index is 0. The standard InChI is InChI=1S/C22H23Cl2N5O.2ClH/c23-18-6-5-15(11-19(18)24)16(13-30)12-21(25)28-7-9-29(10-8-28)22-17-3-1-2-4-20(17)26-14-27-22;;/h1-6,11,13-14,16,21H,7-10,12,25H2;2*1H. The Bertz CT molecular complexity index is 1040. The predicted octanol–water partition coefficient (Wildman–Crippen LogP) is 4.56. The molecule has 2 heterocycles. The van der Waals surface area contributed by atoms with Crippen molar-refractivity contribution in [2.45, 2.75) is 18.5 Å². The number of nitrogens with two attached hydrogens (primary N) is 1. The van der Waals surface area contributed by atoms with E-state index in [2.05, 4.69) is 25.8 Å². The Morgan fingerprint density at radius 3 is 2.41 bits per heavy atom. The maximum Gasteiger partial charge on any atom is 0.139 e. The van der Waals surface area contributed by atoms with Crippen LogP contribution < -0.4 is 10.6 Å². The van der Waals surface area contributed by atoms with Gasteiger partial charge in [-0.2, -0.15) is 0 Å². The van der Waals surface area contributed by atoms with Crippen molar-refractivity contribution in [1.82, 2.24) is 14.9 Å². The van der Waals surface area contributed by atoms with Gasteiger partial charge in [-0.3, -0.25) is 4.90 Å². The van der Waals surface area contributed by atoms with Gasteiger partial charge in [-0.15, -0.1) is 24.8 Å². The molecule has 0 amide bonds. The lowest BCUT2D eigenvalue weighted by atomic mass is 9.95. The number of para-hydroxylation sites is 1. The Morgan fingerprint density at radius 2 is 1.72 bits per heavy atom. The molecule has 0 bridgehead atoms. The van der Waals surface area contributed by atoms with E-state index in [1.54, 1.807) is 18.5 Å². The number of aromatic nitrogens is 2. The van der Waals surface area contributed by atoms with Gasteiger partial charge < -0.3 is 15.4 Å². The van der Waals surface area contributed by atoms with Crippen molar-refractivity contribution in [1.29, 1.82) is 0 Å². The fourth-order valence-corrected chi connectivity index (χ4v) is 4.24. The molecule has 2 aromatic carbocycles. The van der Waals surface area contributed by atoms with Crippen LogP contribution in [-0.4, -0.2) is 53.5 Å². The van der Waals surface area contributed by atoms with Crippen molar-refractivity contribution in [2.75, 3.05) is 31.1 Å². The summed E-state index contributed by atoms with van der Waals surface area (Å²) in [5.41, 5.74) is 8.24. The number of hydrogen-bond acceptors (Lipinski definition) is 6. The third-order valence-electron chi connectivity index (χ3n) is 5.64. The van der Waals surface area contributed by atoms with Gasteiger partial charge in [0.2, 0.25) is 0 Å². The molecule has 0 radical (unpaired) electrons. The quantitative estimate of drug-likeness (QED) is 0.484. The van der Waals surface area contributed by atoms with Crippen LogP contribution in [0, 0.1) is 0 Å². The van der Waals surface area contributed by atoms with E-state index in [-0.39, 0.29) is 36.9 Å². The van der Waals surface area contributed by atoms with Crippen molar-refractivity contribution in [3.8, 4) is 0 Å². The van der Waals surface area contributed by atoms with Crippen LogP contribution in [0.25, 0.3) is 10.9 Å². The molecule has 32 heavy (non-hydrogen) atoms. The first-order valence-electron chi connectivity index (χ1n) is 9.91. The highest BCUT2D eigenvalue weighted by Crippen LogP contribution is 2.29. The third kappa shape index (κ3) is 5.81. The molecule has 3 aromatic rings. The molecular weight excluding hydrogens is 492 g/mol. The number of rotatable bonds is 6. The molecule has 2 unspecified atom stereocenters. The van der Waals surface area contributed by atoms with E-state index in [0.29, 0.717) is 16.5 Å². The molecule has 1 aromatic heterocycles. The highest BCUT2D eigenvalue weighted by molar-refractivity contribution is 6.42. The monoisotopic (exact) mass is 515 g/mol. The second-order valence-corrected chi connectivity index (χ2v) is 8.27. The van der Waals surface area contributed by atoms with Crippen molar-refractivity contribution < 1.29 is 4.79 Å². The zero-order valence-electron chi connectivity index (χ0n) is 17.2. The number of carbonyl (C=O) groups excluding carboxylic acids is 1. The van der Waals surface area contributed by atoms with Crippen LogP contribution in [0.3, 0.4) is 0 Å². The number of nitrogens with zero attached hydrogens (tertiary/aromatic N) is 4. The number of piperazine rings is 1. The molecule has 6 nitrogen and oxygen atoms in total. The molecule has 1 fully saturated rings. The number of anilines is 1. The van der Waals surface area contributed by atoms with Gasteiger partial charge in [-0.25, -0.2) is 9.97 Å². The van der Waals surface area contributed by atoms with Crippen molar-refractivity contribution in [3.63, 3.8) is 0 Å². The molecule has 0 spiro atoms. The van der Waals surface area contributed by atoms with E-state index < -0.39 is 0 Å². The van der Waals surface area contributed by atoms with Gasteiger partial charge in [0.1, 0.15) is 18.4 Å². The Morgan fingerprint density at radius 1 is 1.00 bits per heavy atom. The van der Waals surface area contributed by atoms with Crippen molar-refractivity contribution >= 4 is 71.0 Å². The zero-order chi connectivity index (χ0) is 21.1. The molecule has 1 aliphatic rings. The molecule has 172 valence electrons. The molecule has 0 aliphatic carbocycles. The lowest BCUT2D eigenvalue weighted by Gasteiger charge is -2.39. The number of benzene rings is 2. The van der Waals surface area contributed by atoms with E-state index in [1.807, 2.05) is 24.3 Å². The molecule has 10 heteroatoms. The lowest BCUT2D eigenvalue weighted by Crippen LogP contribution is -2.54. The fraction of sp³-hybridized carbons (Fsp3) is 0.318. The van der Waals surface area contributed by atoms with Crippen LogP contribution in [0.2, 0.25) is 10.0 Å². The predicted molar refractivity (Wildman–Crippen MR) is 136 cm³/mol. The summed E-state index contributed by atoms with van der Waals surface area (Å²) in [6.07, 6.45) is 2.85. The van der Waals surface area contributed by atoms with E-state index in [1.165, 1.54) is 0 Å². The lowest BCUT2D eigenvalue weighted by molar-refractivity contribution is -0.109.